The summed E-state index contributed by atoms with van der Waals surface area (Å²) >= 11 is 1.31. The number of nitrogens with zero attached hydrogens (tertiary/aromatic N) is 4. The van der Waals surface area contributed by atoms with Gasteiger partial charge in [-0.25, -0.2) is 9.31 Å². The fourth-order valence-electron chi connectivity index (χ4n) is 3.18. The maximum Gasteiger partial charge on any atom is 0.345 e. The first-order chi connectivity index (χ1) is 12.6. The molecule has 26 heavy (non-hydrogen) atoms. The topological polar surface area (TPSA) is 78.2 Å². The van der Waals surface area contributed by atoms with Gasteiger partial charge in [0.2, 0.25) is 0 Å². The highest BCUT2D eigenvalue weighted by molar-refractivity contribution is 7.13. The van der Waals surface area contributed by atoms with Crippen molar-refractivity contribution < 1.29 is 14.7 Å². The number of rotatable bonds is 4. The average molecular weight is 370 g/mol. The van der Waals surface area contributed by atoms with Crippen LogP contribution in [0.25, 0.3) is 5.52 Å². The van der Waals surface area contributed by atoms with Gasteiger partial charge in [0.05, 0.1) is 17.3 Å². The zero-order chi connectivity index (χ0) is 18.1. The van der Waals surface area contributed by atoms with Crippen molar-refractivity contribution in [1.29, 1.82) is 0 Å². The molecule has 0 bridgehead atoms. The number of carboxylic acids is 1. The van der Waals surface area contributed by atoms with Crippen molar-refractivity contribution in [3.63, 3.8) is 0 Å². The van der Waals surface area contributed by atoms with E-state index in [1.807, 2.05) is 35.4 Å². The third-order valence-corrected chi connectivity index (χ3v) is 5.63. The Morgan fingerprint density at radius 1 is 1.12 bits per heavy atom. The number of aromatic nitrogens is 2. The molecule has 1 N–H and O–H groups in total. The molecule has 0 aliphatic carbocycles. The second kappa shape index (κ2) is 6.89. The number of aromatic carboxylic acids is 1. The number of hydrogen-bond donors (Lipinski definition) is 1. The van der Waals surface area contributed by atoms with Gasteiger partial charge in [-0.05, 0) is 24.3 Å². The number of thiophene rings is 1. The Labute approximate surface area is 154 Å². The smallest absolute Gasteiger partial charge is 0.345 e. The molecular formula is C18H18N4O3S. The van der Waals surface area contributed by atoms with Gasteiger partial charge in [0.25, 0.3) is 5.91 Å². The maximum absolute atomic E-state index is 12.8. The zero-order valence-electron chi connectivity index (χ0n) is 14.0. The molecule has 3 aromatic rings. The van der Waals surface area contributed by atoms with E-state index in [0.717, 1.165) is 30.0 Å². The molecule has 0 aromatic carbocycles. The summed E-state index contributed by atoms with van der Waals surface area (Å²) in [5, 5.41) is 13.2. The van der Waals surface area contributed by atoms with Crippen molar-refractivity contribution in [3.8, 4) is 0 Å². The standard InChI is InChI=1S/C18H18N4O3S/c23-17(14-11-19-22-6-2-1-3-15(14)22)21-9-7-20(8-10-21)12-13-4-5-16(26-13)18(24)25/h1-6,11H,7-10,12H2,(H,24,25). The molecule has 134 valence electrons. The minimum atomic E-state index is -0.884. The summed E-state index contributed by atoms with van der Waals surface area (Å²) in [6.45, 7) is 3.56. The molecule has 0 radical (unpaired) electrons. The molecule has 4 heterocycles. The summed E-state index contributed by atoms with van der Waals surface area (Å²) in [5.74, 6) is -0.875. The molecule has 1 amide bonds. The number of fused-ring (bicyclic) bond motifs is 1. The zero-order valence-corrected chi connectivity index (χ0v) is 14.9. The van der Waals surface area contributed by atoms with Crippen LogP contribution in [0.1, 0.15) is 24.9 Å². The lowest BCUT2D eigenvalue weighted by molar-refractivity contribution is 0.0630. The SMILES string of the molecule is O=C(O)c1ccc(CN2CCN(C(=O)c3cnn4ccccc34)CC2)s1. The van der Waals surface area contributed by atoms with E-state index in [1.165, 1.54) is 11.3 Å². The van der Waals surface area contributed by atoms with Crippen molar-refractivity contribution in [2.45, 2.75) is 6.54 Å². The second-order valence-electron chi connectivity index (χ2n) is 6.23. The van der Waals surface area contributed by atoms with Crippen LogP contribution in [0, 0.1) is 0 Å². The fraction of sp³-hybridized carbons (Fsp3) is 0.278. The van der Waals surface area contributed by atoms with Gasteiger partial charge in [0.15, 0.2) is 0 Å². The monoisotopic (exact) mass is 370 g/mol. The molecule has 8 heteroatoms. The quantitative estimate of drug-likeness (QED) is 0.761. The molecule has 3 aromatic heterocycles. The van der Waals surface area contributed by atoms with E-state index in [2.05, 4.69) is 10.00 Å². The number of carbonyl (C=O) groups is 2. The van der Waals surface area contributed by atoms with Gasteiger partial charge in [-0.3, -0.25) is 9.69 Å². The van der Waals surface area contributed by atoms with Crippen molar-refractivity contribution in [1.82, 2.24) is 19.4 Å². The summed E-state index contributed by atoms with van der Waals surface area (Å²) in [4.78, 5) is 29.3. The number of pyridine rings is 1. The van der Waals surface area contributed by atoms with Crippen LogP contribution in [0.4, 0.5) is 0 Å². The number of hydrogen-bond acceptors (Lipinski definition) is 5. The first kappa shape index (κ1) is 16.7. The van der Waals surface area contributed by atoms with Crippen LogP contribution in [-0.2, 0) is 6.54 Å². The molecule has 0 saturated carbocycles. The Bertz CT molecular complexity index is 956. The van der Waals surface area contributed by atoms with Gasteiger partial charge in [0, 0.05) is 43.8 Å². The summed E-state index contributed by atoms with van der Waals surface area (Å²) in [5.41, 5.74) is 1.45. The Kier molecular flexibility index (Phi) is 4.44. The predicted molar refractivity (Wildman–Crippen MR) is 97.7 cm³/mol. The molecule has 0 spiro atoms. The van der Waals surface area contributed by atoms with Crippen LogP contribution in [0.3, 0.4) is 0 Å². The normalized spacial score (nSPS) is 15.5. The Morgan fingerprint density at radius 3 is 2.65 bits per heavy atom. The number of piperazine rings is 1. The van der Waals surface area contributed by atoms with E-state index in [-0.39, 0.29) is 5.91 Å². The van der Waals surface area contributed by atoms with E-state index in [4.69, 9.17) is 5.11 Å². The first-order valence-electron chi connectivity index (χ1n) is 8.38. The van der Waals surface area contributed by atoms with E-state index in [9.17, 15) is 9.59 Å². The Hall–Kier alpha value is -2.71. The van der Waals surface area contributed by atoms with Crippen LogP contribution in [-0.4, -0.2) is 62.6 Å². The molecule has 1 fully saturated rings. The van der Waals surface area contributed by atoms with Crippen molar-refractivity contribution in [2.75, 3.05) is 26.2 Å². The van der Waals surface area contributed by atoms with Crippen LogP contribution in [0.2, 0.25) is 0 Å². The second-order valence-corrected chi connectivity index (χ2v) is 7.40. The lowest BCUT2D eigenvalue weighted by atomic mass is 10.2. The molecule has 7 nitrogen and oxygen atoms in total. The molecule has 0 atom stereocenters. The summed E-state index contributed by atoms with van der Waals surface area (Å²) in [7, 11) is 0. The van der Waals surface area contributed by atoms with Gasteiger partial charge in [-0.1, -0.05) is 6.07 Å². The summed E-state index contributed by atoms with van der Waals surface area (Å²) in [6.07, 6.45) is 3.46. The number of amides is 1. The van der Waals surface area contributed by atoms with E-state index < -0.39 is 5.97 Å². The van der Waals surface area contributed by atoms with Gasteiger partial charge in [-0.2, -0.15) is 5.10 Å². The molecule has 1 saturated heterocycles. The van der Waals surface area contributed by atoms with Gasteiger partial charge < -0.3 is 10.0 Å². The van der Waals surface area contributed by atoms with Gasteiger partial charge >= 0.3 is 5.97 Å². The molecule has 0 unspecified atom stereocenters. The van der Waals surface area contributed by atoms with Gasteiger partial charge in [0.1, 0.15) is 4.88 Å². The molecular weight excluding hydrogens is 352 g/mol. The fourth-order valence-corrected chi connectivity index (χ4v) is 4.07. The van der Waals surface area contributed by atoms with Crippen LogP contribution < -0.4 is 0 Å². The average Bonchev–Trinajstić information content (AvgIpc) is 3.29. The van der Waals surface area contributed by atoms with Crippen molar-refractivity contribution >= 4 is 28.7 Å². The minimum absolute atomic E-state index is 0.00939. The van der Waals surface area contributed by atoms with Crippen molar-refractivity contribution in [2.24, 2.45) is 0 Å². The first-order valence-corrected chi connectivity index (χ1v) is 9.19. The molecule has 4 rings (SSSR count). The highest BCUT2D eigenvalue weighted by Gasteiger charge is 2.24. The maximum atomic E-state index is 12.8. The van der Waals surface area contributed by atoms with Crippen LogP contribution in [0.15, 0.2) is 42.7 Å². The number of carbonyl (C=O) groups excluding carboxylic acids is 1. The molecule has 1 aliphatic heterocycles. The third-order valence-electron chi connectivity index (χ3n) is 4.57. The van der Waals surface area contributed by atoms with E-state index >= 15 is 0 Å². The molecule has 1 aliphatic rings. The Morgan fingerprint density at radius 2 is 1.92 bits per heavy atom. The van der Waals surface area contributed by atoms with Crippen LogP contribution >= 0.6 is 11.3 Å². The van der Waals surface area contributed by atoms with E-state index in [1.54, 1.807) is 16.8 Å². The highest BCUT2D eigenvalue weighted by atomic mass is 32.1. The number of carboxylic acid groups (broad SMARTS) is 1. The highest BCUT2D eigenvalue weighted by Crippen LogP contribution is 2.20. The van der Waals surface area contributed by atoms with Crippen LogP contribution in [0.5, 0.6) is 0 Å². The van der Waals surface area contributed by atoms with E-state index in [0.29, 0.717) is 23.5 Å². The Balaban J connectivity index is 1.38. The van der Waals surface area contributed by atoms with Gasteiger partial charge in [-0.15, -0.1) is 11.3 Å². The largest absolute Gasteiger partial charge is 0.477 e. The lowest BCUT2D eigenvalue weighted by Crippen LogP contribution is -2.48. The minimum Gasteiger partial charge on any atom is -0.477 e. The summed E-state index contributed by atoms with van der Waals surface area (Å²) in [6, 6.07) is 9.19. The predicted octanol–water partition coefficient (Wildman–Crippen LogP) is 2.05. The lowest BCUT2D eigenvalue weighted by Gasteiger charge is -2.34. The van der Waals surface area contributed by atoms with Crippen molar-refractivity contribution in [3.05, 3.63) is 58.0 Å². The summed E-state index contributed by atoms with van der Waals surface area (Å²) < 4.78 is 1.71. The third kappa shape index (κ3) is 3.21.